The van der Waals surface area contributed by atoms with Gasteiger partial charge in [0.2, 0.25) is 0 Å². The maximum Gasteiger partial charge on any atom is 0.191 e. The molecule has 0 aromatic heterocycles. The molecule has 0 aliphatic carbocycles. The summed E-state index contributed by atoms with van der Waals surface area (Å²) in [5, 5.41) is 7.09. The van der Waals surface area contributed by atoms with Crippen molar-refractivity contribution < 1.29 is 0 Å². The van der Waals surface area contributed by atoms with Gasteiger partial charge in [0, 0.05) is 32.1 Å². The van der Waals surface area contributed by atoms with Gasteiger partial charge < -0.3 is 15.5 Å². The zero-order valence-corrected chi connectivity index (χ0v) is 18.5. The van der Waals surface area contributed by atoms with Gasteiger partial charge in [-0.1, -0.05) is 44.2 Å². The van der Waals surface area contributed by atoms with E-state index in [-0.39, 0.29) is 29.4 Å². The molecule has 1 saturated heterocycles. The zero-order valence-electron chi connectivity index (χ0n) is 16.2. The number of halogens is 1. The SMILES string of the molecule is CCC(CC)(CNC(=NC)NCC1CCN(C)C1)c1ccccc1.I. The Balaban J connectivity index is 0.00000312. The van der Waals surface area contributed by atoms with E-state index in [1.54, 1.807) is 0 Å². The first-order valence-corrected chi connectivity index (χ1v) is 9.32. The Morgan fingerprint density at radius 2 is 1.88 bits per heavy atom. The highest BCUT2D eigenvalue weighted by Crippen LogP contribution is 2.30. The standard InChI is InChI=1S/C20H34N4.HI/c1-5-20(6-2,18-10-8-7-9-11-18)16-23-19(21-3)22-14-17-12-13-24(4)15-17;/h7-11,17H,5-6,12-16H2,1-4H3,(H2,21,22,23);1H. The molecule has 0 saturated carbocycles. The van der Waals surface area contributed by atoms with E-state index in [4.69, 9.17) is 0 Å². The number of rotatable bonds is 7. The van der Waals surface area contributed by atoms with Crippen molar-refractivity contribution in [3.8, 4) is 0 Å². The molecule has 0 spiro atoms. The van der Waals surface area contributed by atoms with Gasteiger partial charge in [0.05, 0.1) is 0 Å². The summed E-state index contributed by atoms with van der Waals surface area (Å²) in [6, 6.07) is 10.9. The molecule has 1 aliphatic heterocycles. The number of hydrogen-bond donors (Lipinski definition) is 2. The molecular formula is C20H35IN4. The topological polar surface area (TPSA) is 39.7 Å². The van der Waals surface area contributed by atoms with Crippen LogP contribution in [0.15, 0.2) is 35.3 Å². The molecule has 2 N–H and O–H groups in total. The smallest absolute Gasteiger partial charge is 0.191 e. The van der Waals surface area contributed by atoms with Crippen LogP contribution >= 0.6 is 24.0 Å². The largest absolute Gasteiger partial charge is 0.356 e. The van der Waals surface area contributed by atoms with E-state index in [9.17, 15) is 0 Å². The molecule has 1 aromatic carbocycles. The Hall–Kier alpha value is -0.820. The highest BCUT2D eigenvalue weighted by Gasteiger charge is 2.28. The fourth-order valence-electron chi connectivity index (χ4n) is 3.71. The number of benzene rings is 1. The first-order valence-electron chi connectivity index (χ1n) is 9.32. The lowest BCUT2D eigenvalue weighted by Crippen LogP contribution is -2.46. The van der Waals surface area contributed by atoms with E-state index in [0.717, 1.165) is 37.8 Å². The molecule has 0 radical (unpaired) electrons. The molecule has 1 heterocycles. The monoisotopic (exact) mass is 458 g/mol. The predicted molar refractivity (Wildman–Crippen MR) is 119 cm³/mol. The minimum atomic E-state index is 0. The Morgan fingerprint density at radius 1 is 1.20 bits per heavy atom. The molecule has 5 heteroatoms. The fraction of sp³-hybridized carbons (Fsp3) is 0.650. The van der Waals surface area contributed by atoms with E-state index < -0.39 is 0 Å². The molecule has 4 nitrogen and oxygen atoms in total. The van der Waals surface area contributed by atoms with Crippen LogP contribution in [0.2, 0.25) is 0 Å². The van der Waals surface area contributed by atoms with E-state index in [1.807, 2.05) is 7.05 Å². The first-order chi connectivity index (χ1) is 11.6. The first kappa shape index (κ1) is 22.2. The molecule has 0 amide bonds. The third-order valence-corrected chi connectivity index (χ3v) is 5.60. The fourth-order valence-corrected chi connectivity index (χ4v) is 3.71. The van der Waals surface area contributed by atoms with Crippen LogP contribution in [0.1, 0.15) is 38.7 Å². The summed E-state index contributed by atoms with van der Waals surface area (Å²) >= 11 is 0. The molecule has 2 rings (SSSR count). The van der Waals surface area contributed by atoms with Crippen molar-refractivity contribution in [1.82, 2.24) is 15.5 Å². The zero-order chi connectivity index (χ0) is 17.4. The maximum absolute atomic E-state index is 4.41. The van der Waals surface area contributed by atoms with Crippen molar-refractivity contribution in [3.05, 3.63) is 35.9 Å². The van der Waals surface area contributed by atoms with Crippen molar-refractivity contribution in [2.45, 2.75) is 38.5 Å². The molecule has 142 valence electrons. The molecule has 25 heavy (non-hydrogen) atoms. The average Bonchev–Trinajstić information content (AvgIpc) is 3.05. The highest BCUT2D eigenvalue weighted by molar-refractivity contribution is 14.0. The second kappa shape index (κ2) is 11.0. The van der Waals surface area contributed by atoms with Crippen LogP contribution in [0.4, 0.5) is 0 Å². The average molecular weight is 458 g/mol. The van der Waals surface area contributed by atoms with Gasteiger partial charge in [-0.15, -0.1) is 24.0 Å². The van der Waals surface area contributed by atoms with Gasteiger partial charge in [-0.2, -0.15) is 0 Å². The second-order valence-corrected chi connectivity index (χ2v) is 7.08. The molecule has 0 bridgehead atoms. The van der Waals surface area contributed by atoms with Crippen LogP contribution in [0.5, 0.6) is 0 Å². The Labute approximate surface area is 170 Å². The van der Waals surface area contributed by atoms with Gasteiger partial charge in [-0.25, -0.2) is 0 Å². The minimum Gasteiger partial charge on any atom is -0.356 e. The summed E-state index contributed by atoms with van der Waals surface area (Å²) in [5.74, 6) is 1.65. The van der Waals surface area contributed by atoms with Gasteiger partial charge in [0.1, 0.15) is 0 Å². The molecular weight excluding hydrogens is 423 g/mol. The van der Waals surface area contributed by atoms with Gasteiger partial charge in [-0.3, -0.25) is 4.99 Å². The highest BCUT2D eigenvalue weighted by atomic mass is 127. The lowest BCUT2D eigenvalue weighted by atomic mass is 9.76. The Bertz CT molecular complexity index is 514. The predicted octanol–water partition coefficient (Wildman–Crippen LogP) is 3.48. The van der Waals surface area contributed by atoms with Crippen molar-refractivity contribution in [1.29, 1.82) is 0 Å². The van der Waals surface area contributed by atoms with Gasteiger partial charge in [0.25, 0.3) is 0 Å². The minimum absolute atomic E-state index is 0. The number of aliphatic imine (C=N–C) groups is 1. The molecule has 1 aromatic rings. The van der Waals surface area contributed by atoms with E-state index in [1.165, 1.54) is 25.1 Å². The van der Waals surface area contributed by atoms with Crippen molar-refractivity contribution >= 4 is 29.9 Å². The number of guanidine groups is 1. The quantitative estimate of drug-likeness (QED) is 0.374. The molecule has 1 atom stereocenters. The third-order valence-electron chi connectivity index (χ3n) is 5.60. The van der Waals surface area contributed by atoms with Crippen molar-refractivity contribution in [2.75, 3.05) is 40.3 Å². The van der Waals surface area contributed by atoms with Crippen LogP contribution < -0.4 is 10.6 Å². The lowest BCUT2D eigenvalue weighted by Gasteiger charge is -2.33. The van der Waals surface area contributed by atoms with E-state index in [0.29, 0.717) is 0 Å². The van der Waals surface area contributed by atoms with Gasteiger partial charge >= 0.3 is 0 Å². The summed E-state index contributed by atoms with van der Waals surface area (Å²) in [6.07, 6.45) is 3.51. The Kier molecular flexibility index (Phi) is 9.79. The van der Waals surface area contributed by atoms with Crippen molar-refractivity contribution in [3.63, 3.8) is 0 Å². The van der Waals surface area contributed by atoms with Gasteiger partial charge in [0.15, 0.2) is 5.96 Å². The van der Waals surface area contributed by atoms with E-state index >= 15 is 0 Å². The second-order valence-electron chi connectivity index (χ2n) is 7.08. The summed E-state index contributed by atoms with van der Waals surface area (Å²) in [7, 11) is 4.06. The van der Waals surface area contributed by atoms with Crippen LogP contribution in [-0.4, -0.2) is 51.1 Å². The van der Waals surface area contributed by atoms with E-state index in [2.05, 4.69) is 71.8 Å². The number of likely N-dealkylation sites (tertiary alicyclic amines) is 1. The number of nitrogens with one attached hydrogen (secondary N) is 2. The molecule has 1 unspecified atom stereocenters. The summed E-state index contributed by atoms with van der Waals surface area (Å²) in [5.41, 5.74) is 1.57. The normalized spacial score (nSPS) is 18.7. The van der Waals surface area contributed by atoms with Gasteiger partial charge in [-0.05, 0) is 44.3 Å². The maximum atomic E-state index is 4.41. The molecule has 1 aliphatic rings. The number of hydrogen-bond acceptors (Lipinski definition) is 2. The summed E-state index contributed by atoms with van der Waals surface area (Å²) < 4.78 is 0. The summed E-state index contributed by atoms with van der Waals surface area (Å²) in [6.45, 7) is 8.86. The molecule has 1 fully saturated rings. The van der Waals surface area contributed by atoms with Crippen LogP contribution in [0, 0.1) is 5.92 Å². The van der Waals surface area contributed by atoms with Crippen LogP contribution in [-0.2, 0) is 5.41 Å². The Morgan fingerprint density at radius 3 is 2.40 bits per heavy atom. The van der Waals surface area contributed by atoms with Crippen molar-refractivity contribution in [2.24, 2.45) is 10.9 Å². The van der Waals surface area contributed by atoms with Crippen LogP contribution in [0.3, 0.4) is 0 Å². The summed E-state index contributed by atoms with van der Waals surface area (Å²) in [4.78, 5) is 6.81. The number of nitrogens with zero attached hydrogens (tertiary/aromatic N) is 2. The van der Waals surface area contributed by atoms with Crippen LogP contribution in [0.25, 0.3) is 0 Å². The lowest BCUT2D eigenvalue weighted by molar-refractivity contribution is 0.385. The third kappa shape index (κ3) is 6.13.